The number of rotatable bonds is 4. The number of amides is 1. The molecule has 1 amide bonds. The van der Waals surface area contributed by atoms with Gasteiger partial charge in [0.25, 0.3) is 5.91 Å². The molecule has 3 rings (SSSR count). The molecular formula is C19H22N2O. The fourth-order valence-corrected chi connectivity index (χ4v) is 3.35. The largest absolute Gasteiger partial charge is 0.343 e. The Hall–Kier alpha value is -2.13. The molecule has 1 saturated carbocycles. The third kappa shape index (κ3) is 2.90. The molecule has 0 saturated heterocycles. The number of carbonyl (C=O) groups excluding carboxylic acids is 1. The van der Waals surface area contributed by atoms with Gasteiger partial charge in [0, 0.05) is 12.1 Å². The van der Waals surface area contributed by atoms with E-state index in [9.17, 15) is 4.79 Å². The van der Waals surface area contributed by atoms with Crippen molar-refractivity contribution in [1.29, 1.82) is 0 Å². The maximum atomic E-state index is 12.7. The zero-order valence-electron chi connectivity index (χ0n) is 12.7. The second kappa shape index (κ2) is 6.32. The van der Waals surface area contributed by atoms with Crippen molar-refractivity contribution < 1.29 is 4.79 Å². The number of benzene rings is 2. The minimum atomic E-state index is -0.225. The van der Waals surface area contributed by atoms with E-state index in [1.165, 1.54) is 5.56 Å². The number of hydrogen-bond donors (Lipinski definition) is 2. The van der Waals surface area contributed by atoms with Gasteiger partial charge in [0.1, 0.15) is 0 Å². The predicted octanol–water partition coefficient (Wildman–Crippen LogP) is 3.34. The third-order valence-electron chi connectivity index (χ3n) is 4.56. The van der Waals surface area contributed by atoms with E-state index < -0.39 is 0 Å². The van der Waals surface area contributed by atoms with E-state index in [4.69, 9.17) is 5.73 Å². The van der Waals surface area contributed by atoms with Crippen LogP contribution in [0.4, 0.5) is 0 Å². The molecule has 0 heterocycles. The highest BCUT2D eigenvalue weighted by molar-refractivity contribution is 5.95. The highest BCUT2D eigenvalue weighted by atomic mass is 16.1. The molecular weight excluding hydrogens is 272 g/mol. The number of nitrogens with two attached hydrogens (primary N) is 1. The Labute approximate surface area is 131 Å². The zero-order chi connectivity index (χ0) is 15.4. The molecule has 0 atom stereocenters. The van der Waals surface area contributed by atoms with Crippen LogP contribution in [0.5, 0.6) is 0 Å². The van der Waals surface area contributed by atoms with Crippen LogP contribution >= 0.6 is 0 Å². The van der Waals surface area contributed by atoms with Crippen LogP contribution in [0.3, 0.4) is 0 Å². The summed E-state index contributed by atoms with van der Waals surface area (Å²) in [6, 6.07) is 17.9. The van der Waals surface area contributed by atoms with E-state index in [0.29, 0.717) is 12.1 Å². The van der Waals surface area contributed by atoms with Gasteiger partial charge in [-0.25, -0.2) is 0 Å². The molecule has 2 aromatic rings. The Bertz CT molecular complexity index is 645. The molecule has 1 aliphatic rings. The summed E-state index contributed by atoms with van der Waals surface area (Å²) in [5, 5.41) is 3.30. The van der Waals surface area contributed by atoms with E-state index in [2.05, 4.69) is 17.4 Å². The standard InChI is InChI=1S/C19H22N2O/c20-14-15-7-6-8-16(13-15)18(22)21-19(11-4-5-12-19)17-9-2-1-3-10-17/h1-3,6-10,13H,4-5,11-12,14,20H2,(H,21,22). The molecule has 0 spiro atoms. The Kier molecular flexibility index (Phi) is 4.25. The van der Waals surface area contributed by atoms with E-state index in [1.54, 1.807) is 0 Å². The molecule has 2 aromatic carbocycles. The Morgan fingerprint density at radius 3 is 2.45 bits per heavy atom. The Morgan fingerprint density at radius 1 is 1.05 bits per heavy atom. The summed E-state index contributed by atoms with van der Waals surface area (Å²) in [5.41, 5.74) is 8.31. The van der Waals surface area contributed by atoms with Gasteiger partial charge in [-0.3, -0.25) is 4.79 Å². The van der Waals surface area contributed by atoms with Crippen molar-refractivity contribution in [3.05, 3.63) is 71.3 Å². The van der Waals surface area contributed by atoms with Crippen LogP contribution in [0.15, 0.2) is 54.6 Å². The molecule has 1 aliphatic carbocycles. The molecule has 3 nitrogen and oxygen atoms in total. The maximum Gasteiger partial charge on any atom is 0.251 e. The second-order valence-corrected chi connectivity index (χ2v) is 6.01. The highest BCUT2D eigenvalue weighted by Gasteiger charge is 2.37. The summed E-state index contributed by atoms with van der Waals surface area (Å²) in [6.07, 6.45) is 4.30. The fraction of sp³-hybridized carbons (Fsp3) is 0.316. The summed E-state index contributed by atoms with van der Waals surface area (Å²) < 4.78 is 0. The molecule has 22 heavy (non-hydrogen) atoms. The lowest BCUT2D eigenvalue weighted by molar-refractivity contribution is 0.0898. The highest BCUT2D eigenvalue weighted by Crippen LogP contribution is 2.38. The first-order valence-electron chi connectivity index (χ1n) is 7.91. The topological polar surface area (TPSA) is 55.1 Å². The van der Waals surface area contributed by atoms with Crippen LogP contribution in [-0.2, 0) is 12.1 Å². The van der Waals surface area contributed by atoms with Gasteiger partial charge in [-0.1, -0.05) is 55.3 Å². The van der Waals surface area contributed by atoms with Crippen LogP contribution in [-0.4, -0.2) is 5.91 Å². The quantitative estimate of drug-likeness (QED) is 0.908. The molecule has 3 heteroatoms. The maximum absolute atomic E-state index is 12.7. The molecule has 1 fully saturated rings. The molecule has 0 aliphatic heterocycles. The van der Waals surface area contributed by atoms with Crippen LogP contribution in [0.2, 0.25) is 0 Å². The van der Waals surface area contributed by atoms with Gasteiger partial charge in [0.05, 0.1) is 5.54 Å². The zero-order valence-corrected chi connectivity index (χ0v) is 12.7. The van der Waals surface area contributed by atoms with Crippen molar-refractivity contribution >= 4 is 5.91 Å². The first-order chi connectivity index (χ1) is 10.7. The monoisotopic (exact) mass is 294 g/mol. The minimum Gasteiger partial charge on any atom is -0.343 e. The molecule has 0 radical (unpaired) electrons. The smallest absolute Gasteiger partial charge is 0.251 e. The Morgan fingerprint density at radius 2 is 1.77 bits per heavy atom. The van der Waals surface area contributed by atoms with Crippen molar-refractivity contribution in [2.45, 2.75) is 37.8 Å². The van der Waals surface area contributed by atoms with Gasteiger partial charge < -0.3 is 11.1 Å². The minimum absolute atomic E-state index is 0.0129. The van der Waals surface area contributed by atoms with Gasteiger partial charge in [0.15, 0.2) is 0 Å². The van der Waals surface area contributed by atoms with Gasteiger partial charge in [-0.05, 0) is 36.1 Å². The van der Waals surface area contributed by atoms with Gasteiger partial charge in [-0.2, -0.15) is 0 Å². The van der Waals surface area contributed by atoms with Crippen LogP contribution < -0.4 is 11.1 Å². The number of hydrogen-bond acceptors (Lipinski definition) is 2. The van der Waals surface area contributed by atoms with Crippen molar-refractivity contribution in [2.24, 2.45) is 5.73 Å². The fourth-order valence-electron chi connectivity index (χ4n) is 3.35. The lowest BCUT2D eigenvalue weighted by atomic mass is 9.87. The Balaban J connectivity index is 1.86. The first-order valence-corrected chi connectivity index (χ1v) is 7.91. The van der Waals surface area contributed by atoms with Gasteiger partial charge in [-0.15, -0.1) is 0 Å². The lowest BCUT2D eigenvalue weighted by Gasteiger charge is -2.31. The van der Waals surface area contributed by atoms with E-state index in [1.807, 2.05) is 42.5 Å². The summed E-state index contributed by atoms with van der Waals surface area (Å²) >= 11 is 0. The number of carbonyl (C=O) groups is 1. The number of nitrogens with one attached hydrogen (secondary N) is 1. The van der Waals surface area contributed by atoms with Crippen molar-refractivity contribution in [3.8, 4) is 0 Å². The van der Waals surface area contributed by atoms with Crippen molar-refractivity contribution in [2.75, 3.05) is 0 Å². The molecule has 0 unspecified atom stereocenters. The second-order valence-electron chi connectivity index (χ2n) is 6.01. The average molecular weight is 294 g/mol. The van der Waals surface area contributed by atoms with Crippen molar-refractivity contribution in [1.82, 2.24) is 5.32 Å². The predicted molar refractivity (Wildman–Crippen MR) is 88.4 cm³/mol. The summed E-state index contributed by atoms with van der Waals surface area (Å²) in [7, 11) is 0. The first kappa shape index (κ1) is 14.8. The summed E-state index contributed by atoms with van der Waals surface area (Å²) in [5.74, 6) is -0.0129. The summed E-state index contributed by atoms with van der Waals surface area (Å²) in [6.45, 7) is 0.449. The van der Waals surface area contributed by atoms with Gasteiger partial charge >= 0.3 is 0 Å². The summed E-state index contributed by atoms with van der Waals surface area (Å²) in [4.78, 5) is 12.7. The molecule has 3 N–H and O–H groups in total. The van der Waals surface area contributed by atoms with E-state index >= 15 is 0 Å². The molecule has 114 valence electrons. The van der Waals surface area contributed by atoms with Crippen LogP contribution in [0, 0.1) is 0 Å². The lowest BCUT2D eigenvalue weighted by Crippen LogP contribution is -2.43. The van der Waals surface area contributed by atoms with Crippen molar-refractivity contribution in [3.63, 3.8) is 0 Å². The van der Waals surface area contributed by atoms with Crippen LogP contribution in [0.25, 0.3) is 0 Å². The molecule has 0 bridgehead atoms. The van der Waals surface area contributed by atoms with E-state index in [-0.39, 0.29) is 11.4 Å². The third-order valence-corrected chi connectivity index (χ3v) is 4.56. The average Bonchev–Trinajstić information content (AvgIpc) is 3.05. The van der Waals surface area contributed by atoms with E-state index in [0.717, 1.165) is 31.2 Å². The molecule has 0 aromatic heterocycles. The van der Waals surface area contributed by atoms with Crippen LogP contribution in [0.1, 0.15) is 47.2 Å². The normalized spacial score (nSPS) is 16.4. The van der Waals surface area contributed by atoms with Gasteiger partial charge in [0.2, 0.25) is 0 Å². The SMILES string of the molecule is NCc1cccc(C(=O)NC2(c3ccccc3)CCCC2)c1.